The molecule has 0 spiro atoms. The smallest absolute Gasteiger partial charge is 0.275 e. The van der Waals surface area contributed by atoms with Crippen molar-refractivity contribution in [3.63, 3.8) is 0 Å². The van der Waals surface area contributed by atoms with Crippen molar-refractivity contribution in [3.8, 4) is 0 Å². The molecule has 112 valence electrons. The first-order valence-corrected chi connectivity index (χ1v) is 6.88. The van der Waals surface area contributed by atoms with Crippen molar-refractivity contribution in [2.24, 2.45) is 0 Å². The molecule has 7 nitrogen and oxygen atoms in total. The first-order chi connectivity index (χ1) is 10.0. The average Bonchev–Trinajstić information content (AvgIpc) is 2.85. The van der Waals surface area contributed by atoms with Crippen LogP contribution in [0.15, 0.2) is 16.7 Å². The highest BCUT2D eigenvalue weighted by molar-refractivity contribution is 6.02. The number of rotatable bonds is 5. The van der Waals surface area contributed by atoms with Crippen LogP contribution in [0.1, 0.15) is 35.9 Å². The Balaban J connectivity index is 2.24. The van der Waals surface area contributed by atoms with E-state index in [1.165, 1.54) is 0 Å². The van der Waals surface area contributed by atoms with E-state index in [2.05, 4.69) is 25.3 Å². The summed E-state index contributed by atoms with van der Waals surface area (Å²) in [5.74, 6) is 1.98. The number of carbonyl (C=O) groups excluding carboxylic acids is 1. The summed E-state index contributed by atoms with van der Waals surface area (Å²) in [5.41, 5.74) is 0.310. The number of hydrogen-bond acceptors (Lipinski definition) is 6. The minimum Gasteiger partial charge on any atom is -0.360 e. The Hall–Kier alpha value is -2.44. The fourth-order valence-electron chi connectivity index (χ4n) is 1.98. The normalized spacial score (nSPS) is 10.5. The summed E-state index contributed by atoms with van der Waals surface area (Å²) in [4.78, 5) is 22.8. The van der Waals surface area contributed by atoms with Gasteiger partial charge in [-0.1, -0.05) is 5.16 Å². The van der Waals surface area contributed by atoms with Crippen molar-refractivity contribution >= 4 is 17.5 Å². The molecule has 0 bridgehead atoms. The zero-order valence-corrected chi connectivity index (χ0v) is 12.7. The van der Waals surface area contributed by atoms with Gasteiger partial charge in [-0.05, 0) is 27.7 Å². The number of nitrogens with one attached hydrogen (secondary N) is 1. The largest absolute Gasteiger partial charge is 0.360 e. The van der Waals surface area contributed by atoms with Gasteiger partial charge in [-0.15, -0.1) is 0 Å². The van der Waals surface area contributed by atoms with E-state index in [0.717, 1.165) is 18.9 Å². The minimum absolute atomic E-state index is 0.310. The summed E-state index contributed by atoms with van der Waals surface area (Å²) in [6, 6.07) is 3.33. The van der Waals surface area contributed by atoms with Gasteiger partial charge in [0.2, 0.25) is 0 Å². The summed E-state index contributed by atoms with van der Waals surface area (Å²) < 4.78 is 4.92. The second-order valence-corrected chi connectivity index (χ2v) is 4.61. The van der Waals surface area contributed by atoms with Crippen molar-refractivity contribution in [2.75, 3.05) is 23.3 Å². The second kappa shape index (κ2) is 6.34. The Labute approximate surface area is 123 Å². The maximum Gasteiger partial charge on any atom is 0.275 e. The van der Waals surface area contributed by atoms with Crippen LogP contribution in [0.3, 0.4) is 0 Å². The predicted molar refractivity (Wildman–Crippen MR) is 79.5 cm³/mol. The number of aromatic nitrogens is 3. The predicted octanol–water partition coefficient (Wildman–Crippen LogP) is 2.18. The molecule has 2 aromatic heterocycles. The summed E-state index contributed by atoms with van der Waals surface area (Å²) >= 11 is 0. The molecular formula is C14H19N5O2. The molecule has 1 N–H and O–H groups in total. The van der Waals surface area contributed by atoms with E-state index in [-0.39, 0.29) is 5.91 Å². The summed E-state index contributed by atoms with van der Waals surface area (Å²) in [6.45, 7) is 9.24. The third-order valence-electron chi connectivity index (χ3n) is 3.01. The average molecular weight is 289 g/mol. The van der Waals surface area contributed by atoms with Gasteiger partial charge >= 0.3 is 0 Å². The van der Waals surface area contributed by atoms with E-state index in [9.17, 15) is 4.79 Å². The highest BCUT2D eigenvalue weighted by atomic mass is 16.5. The lowest BCUT2D eigenvalue weighted by Gasteiger charge is -2.20. The van der Waals surface area contributed by atoms with Gasteiger partial charge in [-0.25, -0.2) is 9.97 Å². The molecule has 0 saturated heterocycles. The van der Waals surface area contributed by atoms with Crippen LogP contribution in [-0.4, -0.2) is 34.1 Å². The number of anilines is 2. The molecule has 0 aliphatic rings. The van der Waals surface area contributed by atoms with Crippen LogP contribution in [0.5, 0.6) is 0 Å². The third kappa shape index (κ3) is 3.56. The Morgan fingerprint density at radius 2 is 1.95 bits per heavy atom. The zero-order chi connectivity index (χ0) is 15.4. The van der Waals surface area contributed by atoms with E-state index >= 15 is 0 Å². The number of aryl methyl sites for hydroxylation is 2. The Bertz CT molecular complexity index is 634. The standard InChI is InChI=1S/C14H19N5O2/c1-5-19(6-2)13-8-11(15-10(4)16-13)14(20)17-12-7-9(3)21-18-12/h7-8H,5-6H2,1-4H3,(H,17,18,20). The van der Waals surface area contributed by atoms with Gasteiger partial charge in [0.05, 0.1) is 0 Å². The first-order valence-electron chi connectivity index (χ1n) is 6.88. The molecule has 1 amide bonds. The van der Waals surface area contributed by atoms with Crippen LogP contribution < -0.4 is 10.2 Å². The molecule has 2 rings (SSSR count). The SMILES string of the molecule is CCN(CC)c1cc(C(=O)Nc2cc(C)on2)nc(C)n1. The van der Waals surface area contributed by atoms with Gasteiger partial charge in [0.1, 0.15) is 23.1 Å². The summed E-state index contributed by atoms with van der Waals surface area (Å²) in [5, 5.41) is 6.39. The van der Waals surface area contributed by atoms with Gasteiger partial charge < -0.3 is 14.7 Å². The Morgan fingerprint density at radius 1 is 1.24 bits per heavy atom. The fraction of sp³-hybridized carbons (Fsp3) is 0.429. The summed E-state index contributed by atoms with van der Waals surface area (Å²) in [7, 11) is 0. The molecule has 0 fully saturated rings. The summed E-state index contributed by atoms with van der Waals surface area (Å²) in [6.07, 6.45) is 0. The molecule has 7 heteroatoms. The molecule has 2 heterocycles. The van der Waals surface area contributed by atoms with Gasteiger partial charge in [-0.2, -0.15) is 0 Å². The van der Waals surface area contributed by atoms with Crippen molar-refractivity contribution in [1.29, 1.82) is 0 Å². The number of hydrogen-bond donors (Lipinski definition) is 1. The molecule has 2 aromatic rings. The maximum atomic E-state index is 12.2. The van der Waals surface area contributed by atoms with Gasteiger partial charge in [0.25, 0.3) is 5.91 Å². The molecule has 0 aromatic carbocycles. The lowest BCUT2D eigenvalue weighted by atomic mass is 10.3. The molecule has 21 heavy (non-hydrogen) atoms. The minimum atomic E-state index is -0.331. The quantitative estimate of drug-likeness (QED) is 0.908. The van der Waals surface area contributed by atoms with Gasteiger partial charge in [-0.3, -0.25) is 4.79 Å². The van der Waals surface area contributed by atoms with Crippen molar-refractivity contribution < 1.29 is 9.32 Å². The highest BCUT2D eigenvalue weighted by Crippen LogP contribution is 2.14. The topological polar surface area (TPSA) is 84.2 Å². The van der Waals surface area contributed by atoms with Gasteiger partial charge in [0.15, 0.2) is 5.82 Å². The van der Waals surface area contributed by atoms with Crippen LogP contribution in [0.25, 0.3) is 0 Å². The highest BCUT2D eigenvalue weighted by Gasteiger charge is 2.14. The number of amides is 1. The van der Waals surface area contributed by atoms with Crippen molar-refractivity contribution in [3.05, 3.63) is 29.4 Å². The second-order valence-electron chi connectivity index (χ2n) is 4.61. The Kier molecular flexibility index (Phi) is 4.52. The van der Waals surface area contributed by atoms with Crippen molar-refractivity contribution in [1.82, 2.24) is 15.1 Å². The van der Waals surface area contributed by atoms with Gasteiger partial charge in [0, 0.05) is 25.2 Å². The van der Waals surface area contributed by atoms with Crippen LogP contribution in [0, 0.1) is 13.8 Å². The van der Waals surface area contributed by atoms with E-state index in [1.54, 1.807) is 26.0 Å². The van der Waals surface area contributed by atoms with E-state index in [0.29, 0.717) is 23.1 Å². The van der Waals surface area contributed by atoms with Crippen LogP contribution >= 0.6 is 0 Å². The lowest BCUT2D eigenvalue weighted by molar-refractivity contribution is 0.102. The van der Waals surface area contributed by atoms with Crippen LogP contribution in [-0.2, 0) is 0 Å². The van der Waals surface area contributed by atoms with Crippen LogP contribution in [0.4, 0.5) is 11.6 Å². The zero-order valence-electron chi connectivity index (χ0n) is 12.7. The van der Waals surface area contributed by atoms with E-state index < -0.39 is 0 Å². The fourth-order valence-corrected chi connectivity index (χ4v) is 1.98. The molecule has 0 unspecified atom stereocenters. The van der Waals surface area contributed by atoms with E-state index in [1.807, 2.05) is 13.8 Å². The molecular weight excluding hydrogens is 270 g/mol. The first kappa shape index (κ1) is 15.0. The monoisotopic (exact) mass is 289 g/mol. The molecule has 0 aliphatic carbocycles. The third-order valence-corrected chi connectivity index (χ3v) is 3.01. The molecule has 0 aliphatic heterocycles. The Morgan fingerprint density at radius 3 is 2.52 bits per heavy atom. The molecule has 0 radical (unpaired) electrons. The maximum absolute atomic E-state index is 12.2. The lowest BCUT2D eigenvalue weighted by Crippen LogP contribution is -2.24. The van der Waals surface area contributed by atoms with E-state index in [4.69, 9.17) is 4.52 Å². The van der Waals surface area contributed by atoms with Crippen molar-refractivity contribution in [2.45, 2.75) is 27.7 Å². The number of carbonyl (C=O) groups is 1. The molecule has 0 saturated carbocycles. The van der Waals surface area contributed by atoms with Crippen LogP contribution in [0.2, 0.25) is 0 Å². The molecule has 0 atom stereocenters. The number of nitrogens with zero attached hydrogens (tertiary/aromatic N) is 4.